The summed E-state index contributed by atoms with van der Waals surface area (Å²) in [7, 11) is 1.85. The smallest absolute Gasteiger partial charge is 0.357 e. The van der Waals surface area contributed by atoms with Crippen LogP contribution in [-0.2, 0) is 35.5 Å². The summed E-state index contributed by atoms with van der Waals surface area (Å²) in [5.74, 6) is 11.6. The molecule has 9 nitrogen and oxygen atoms in total. The number of aromatic nitrogens is 2. The molecule has 4 aromatic rings. The van der Waals surface area contributed by atoms with Crippen molar-refractivity contribution in [1.29, 1.82) is 0 Å². The van der Waals surface area contributed by atoms with Crippen LogP contribution in [0.5, 0.6) is 0 Å². The number of hydrogen-bond donors (Lipinski definition) is 1. The molecule has 378 valence electrons. The molecule has 0 aliphatic carbocycles. The Morgan fingerprint density at radius 1 is 0.648 bits per heavy atom. The maximum absolute atomic E-state index is 14.2. The Labute approximate surface area is 427 Å². The van der Waals surface area contributed by atoms with Crippen molar-refractivity contribution in [3.05, 3.63) is 153 Å². The highest BCUT2D eigenvalue weighted by Gasteiger charge is 2.26. The van der Waals surface area contributed by atoms with Crippen molar-refractivity contribution in [2.24, 2.45) is 5.73 Å². The summed E-state index contributed by atoms with van der Waals surface area (Å²) in [6, 6.07) is 23.6. The van der Waals surface area contributed by atoms with Crippen LogP contribution in [0.1, 0.15) is 190 Å². The van der Waals surface area contributed by atoms with Gasteiger partial charge in [0.05, 0.1) is 24.4 Å². The molecule has 0 unspecified atom stereocenters. The number of allylic oxidation sites excluding steroid dienone is 2. The first-order chi connectivity index (χ1) is 34.4. The molecule has 9 heteroatoms. The van der Waals surface area contributed by atoms with E-state index in [2.05, 4.69) is 92.1 Å². The number of carbonyl (C=O) groups excluding carboxylic acids is 3. The van der Waals surface area contributed by atoms with Crippen LogP contribution in [0, 0.1) is 23.7 Å². The van der Waals surface area contributed by atoms with Gasteiger partial charge in [-0.3, -0.25) is 19.4 Å². The van der Waals surface area contributed by atoms with E-state index in [1.54, 1.807) is 24.3 Å². The highest BCUT2D eigenvalue weighted by Crippen LogP contribution is 2.19. The van der Waals surface area contributed by atoms with E-state index in [4.69, 9.17) is 15.5 Å². The number of nitrogens with zero attached hydrogens (tertiary/aromatic N) is 4. The second-order valence-corrected chi connectivity index (χ2v) is 18.9. The topological polar surface area (TPSA) is 119 Å². The van der Waals surface area contributed by atoms with Gasteiger partial charge in [0, 0.05) is 48.3 Å². The number of pyridine rings is 2. The van der Waals surface area contributed by atoms with Gasteiger partial charge in [0.1, 0.15) is 17.5 Å². The second kappa shape index (κ2) is 32.8. The van der Waals surface area contributed by atoms with Gasteiger partial charge in [-0.2, -0.15) is 0 Å². The van der Waals surface area contributed by atoms with Crippen LogP contribution in [0.2, 0.25) is 0 Å². The summed E-state index contributed by atoms with van der Waals surface area (Å²) < 4.78 is 6.12. The van der Waals surface area contributed by atoms with Crippen molar-refractivity contribution in [3.63, 3.8) is 0 Å². The molecule has 1 atom stereocenters. The van der Waals surface area contributed by atoms with E-state index < -0.39 is 17.9 Å². The number of unbranched alkanes of at least 4 members (excludes halogenated alkanes) is 10. The number of hydrogen-bond acceptors (Lipinski definition) is 9. The van der Waals surface area contributed by atoms with Crippen LogP contribution in [-0.4, -0.2) is 76.6 Å². The molecule has 71 heavy (non-hydrogen) atoms. The number of nitrogens with two attached hydrogens (primary N) is 1. The molecule has 0 bridgehead atoms. The molecule has 2 heterocycles. The van der Waals surface area contributed by atoms with Crippen molar-refractivity contribution < 1.29 is 19.1 Å². The Kier molecular flexibility index (Phi) is 26.6. The molecule has 2 N–H and O–H groups in total. The quantitative estimate of drug-likeness (QED) is 0.0173. The first-order valence-electron chi connectivity index (χ1n) is 26.3. The van der Waals surface area contributed by atoms with Crippen molar-refractivity contribution >= 4 is 17.5 Å². The standard InChI is InChI=1S/C62H81N5O4/c1-8-13-15-17-19-21-24-49-26-30-51(31-27-49)34-36-53-38-55(44-63)64-59(40-53)61(69)43-58(42-57(68)47-66(7)45-48(6)23-10-3)71-62(70)60-41-54(39-56(65-60)46-67(11-4)12-5)37-35-52-32-28-50(29-33-52)25-22-20-18-16-14-9-2/h10,23,26-33,38-41,58H,3,8-9,11-22,24-25,42-47,63H2,1-2,4-7H3/b48-23+/t58-/m1/s1. The molecule has 0 aliphatic heterocycles. The molecular formula is C62H81N5O4. The number of likely N-dealkylation sites (N-methyl/N-ethyl adjacent to an activating group) is 1. The molecule has 2 aromatic carbocycles. The molecule has 0 spiro atoms. The third-order valence-electron chi connectivity index (χ3n) is 12.5. The molecule has 0 aliphatic rings. The number of Topliss-reactive ketones (excluding diaryl/α,β-unsaturated/α-hetero) is 2. The Morgan fingerprint density at radius 2 is 1.14 bits per heavy atom. The number of aryl methyl sites for hydroxylation is 2. The average molecular weight is 960 g/mol. The lowest BCUT2D eigenvalue weighted by Gasteiger charge is -2.20. The van der Waals surface area contributed by atoms with E-state index >= 15 is 0 Å². The zero-order chi connectivity index (χ0) is 51.2. The molecule has 0 amide bonds. The Hall–Kier alpha value is -5.97. The van der Waals surface area contributed by atoms with Gasteiger partial charge in [0.2, 0.25) is 0 Å². The predicted molar refractivity (Wildman–Crippen MR) is 291 cm³/mol. The zero-order valence-corrected chi connectivity index (χ0v) is 43.9. The minimum absolute atomic E-state index is 0.0525. The summed E-state index contributed by atoms with van der Waals surface area (Å²) in [6.45, 7) is 17.2. The van der Waals surface area contributed by atoms with Crippen molar-refractivity contribution in [3.8, 4) is 23.7 Å². The lowest BCUT2D eigenvalue weighted by molar-refractivity contribution is -0.121. The van der Waals surface area contributed by atoms with Gasteiger partial charge in [0.25, 0.3) is 0 Å². The fourth-order valence-electron chi connectivity index (χ4n) is 8.48. The number of esters is 1. The largest absolute Gasteiger partial charge is 0.457 e. The lowest BCUT2D eigenvalue weighted by atomic mass is 10.0. The van der Waals surface area contributed by atoms with Gasteiger partial charge in [0.15, 0.2) is 11.6 Å². The number of rotatable bonds is 31. The minimum atomic E-state index is -1.11. The zero-order valence-electron chi connectivity index (χ0n) is 43.9. The highest BCUT2D eigenvalue weighted by atomic mass is 16.5. The molecule has 0 saturated heterocycles. The summed E-state index contributed by atoms with van der Waals surface area (Å²) in [5, 5.41) is 0. The van der Waals surface area contributed by atoms with E-state index in [0.29, 0.717) is 35.6 Å². The number of ether oxygens (including phenoxy) is 1. The molecule has 2 aromatic heterocycles. The van der Waals surface area contributed by atoms with E-state index in [1.807, 2.05) is 55.3 Å². The van der Waals surface area contributed by atoms with E-state index in [-0.39, 0.29) is 43.1 Å². The predicted octanol–water partition coefficient (Wildman–Crippen LogP) is 12.2. The SMILES string of the molecule is C=C/C=C(\C)CN(C)CC(=O)C[C@H](CC(=O)c1cc(C#Cc2ccc(CCCCCCCC)cc2)cc(CN)n1)OC(=O)c1cc(C#Cc2ccc(CCCCCCCC)cc2)cc(CN(CC)CC)n1. The third-order valence-corrected chi connectivity index (χ3v) is 12.5. The maximum atomic E-state index is 14.2. The van der Waals surface area contributed by atoms with Gasteiger partial charge in [-0.1, -0.05) is 164 Å². The number of ketones is 2. The van der Waals surface area contributed by atoms with E-state index in [1.165, 1.54) is 88.2 Å². The number of carbonyl (C=O) groups is 3. The molecule has 0 fully saturated rings. The molecular weight excluding hydrogens is 879 g/mol. The van der Waals surface area contributed by atoms with Gasteiger partial charge < -0.3 is 10.5 Å². The van der Waals surface area contributed by atoms with Crippen molar-refractivity contribution in [2.45, 2.75) is 157 Å². The van der Waals surface area contributed by atoms with Gasteiger partial charge in [-0.25, -0.2) is 14.8 Å². The Bertz CT molecular complexity index is 2450. The molecule has 0 saturated carbocycles. The fraction of sp³-hybridized carbons (Fsp3) is 0.468. The van der Waals surface area contributed by atoms with Gasteiger partial charge in [-0.05, 0) is 112 Å². The summed E-state index contributed by atoms with van der Waals surface area (Å²) in [4.78, 5) is 55.5. The first-order valence-corrected chi connectivity index (χ1v) is 26.3. The van der Waals surface area contributed by atoms with Gasteiger partial charge >= 0.3 is 5.97 Å². The minimum Gasteiger partial charge on any atom is -0.457 e. The third kappa shape index (κ3) is 22.3. The summed E-state index contributed by atoms with van der Waals surface area (Å²) >= 11 is 0. The molecule has 4 rings (SSSR count). The highest BCUT2D eigenvalue weighted by molar-refractivity contribution is 5.96. The normalized spacial score (nSPS) is 11.7. The van der Waals surface area contributed by atoms with Crippen LogP contribution < -0.4 is 5.73 Å². The summed E-state index contributed by atoms with van der Waals surface area (Å²) in [6.07, 6.45) is 19.2. The Balaban J connectivity index is 1.58. The first kappa shape index (κ1) is 57.6. The van der Waals surface area contributed by atoms with Crippen LogP contribution in [0.4, 0.5) is 0 Å². The Morgan fingerprint density at radius 3 is 1.66 bits per heavy atom. The lowest BCUT2D eigenvalue weighted by Crippen LogP contribution is -2.32. The summed E-state index contributed by atoms with van der Waals surface area (Å²) in [5.41, 5.74) is 14.0. The van der Waals surface area contributed by atoms with Crippen LogP contribution in [0.15, 0.2) is 97.1 Å². The maximum Gasteiger partial charge on any atom is 0.357 e. The fourth-order valence-corrected chi connectivity index (χ4v) is 8.48. The van der Waals surface area contributed by atoms with Crippen LogP contribution in [0.3, 0.4) is 0 Å². The van der Waals surface area contributed by atoms with Gasteiger partial charge in [-0.15, -0.1) is 0 Å². The van der Waals surface area contributed by atoms with E-state index in [9.17, 15) is 14.4 Å². The van der Waals surface area contributed by atoms with Crippen molar-refractivity contribution in [2.75, 3.05) is 33.2 Å². The number of benzene rings is 2. The monoisotopic (exact) mass is 960 g/mol. The van der Waals surface area contributed by atoms with Crippen LogP contribution >= 0.6 is 0 Å². The second-order valence-electron chi connectivity index (χ2n) is 18.9. The average Bonchev–Trinajstić information content (AvgIpc) is 3.36. The van der Waals surface area contributed by atoms with E-state index in [0.717, 1.165) is 42.6 Å². The van der Waals surface area contributed by atoms with Crippen LogP contribution in [0.25, 0.3) is 0 Å². The van der Waals surface area contributed by atoms with Crippen molar-refractivity contribution in [1.82, 2.24) is 19.8 Å². The molecule has 0 radical (unpaired) electrons.